The Labute approximate surface area is 108 Å². The summed E-state index contributed by atoms with van der Waals surface area (Å²) in [4.78, 5) is 6.44. The second-order valence-corrected chi connectivity index (χ2v) is 4.74. The standard InChI is InChI=1S/C13H21N3O2/c1-16(6-7-17)9-11-10(4-5-13(14)15-11)12-3-2-8-18-12/h4-5,12,17H,2-3,6-9H2,1H3,(H2,14,15). The highest BCUT2D eigenvalue weighted by atomic mass is 16.5. The molecule has 0 bridgehead atoms. The lowest BCUT2D eigenvalue weighted by Gasteiger charge is -2.19. The zero-order valence-corrected chi connectivity index (χ0v) is 10.8. The minimum absolute atomic E-state index is 0.147. The molecular formula is C13H21N3O2. The maximum absolute atomic E-state index is 8.94. The van der Waals surface area contributed by atoms with Gasteiger partial charge in [0, 0.05) is 25.3 Å². The Morgan fingerprint density at radius 2 is 2.39 bits per heavy atom. The first kappa shape index (κ1) is 13.3. The van der Waals surface area contributed by atoms with Crippen LogP contribution in [-0.2, 0) is 11.3 Å². The second-order valence-electron chi connectivity index (χ2n) is 4.74. The zero-order chi connectivity index (χ0) is 13.0. The molecule has 5 nitrogen and oxygen atoms in total. The van der Waals surface area contributed by atoms with Gasteiger partial charge in [0.15, 0.2) is 0 Å². The zero-order valence-electron chi connectivity index (χ0n) is 10.8. The molecule has 5 heteroatoms. The molecule has 0 aliphatic carbocycles. The molecule has 0 radical (unpaired) electrons. The van der Waals surface area contributed by atoms with Crippen molar-refractivity contribution in [3.05, 3.63) is 23.4 Å². The number of aromatic nitrogens is 1. The highest BCUT2D eigenvalue weighted by Crippen LogP contribution is 2.31. The lowest BCUT2D eigenvalue weighted by Crippen LogP contribution is -2.23. The Bertz CT molecular complexity index is 392. The van der Waals surface area contributed by atoms with Crippen LogP contribution in [0.25, 0.3) is 0 Å². The summed E-state index contributed by atoms with van der Waals surface area (Å²) < 4.78 is 5.71. The van der Waals surface area contributed by atoms with Crippen LogP contribution in [0.3, 0.4) is 0 Å². The van der Waals surface area contributed by atoms with Gasteiger partial charge in [-0.1, -0.05) is 6.07 Å². The van der Waals surface area contributed by atoms with Crippen LogP contribution in [0.4, 0.5) is 5.82 Å². The highest BCUT2D eigenvalue weighted by Gasteiger charge is 2.21. The number of hydrogen-bond acceptors (Lipinski definition) is 5. The van der Waals surface area contributed by atoms with Crippen LogP contribution in [0.15, 0.2) is 12.1 Å². The third-order valence-corrected chi connectivity index (χ3v) is 3.21. The van der Waals surface area contributed by atoms with Gasteiger partial charge < -0.3 is 15.6 Å². The van der Waals surface area contributed by atoms with Crippen molar-refractivity contribution in [3.8, 4) is 0 Å². The van der Waals surface area contributed by atoms with Crippen LogP contribution in [0.1, 0.15) is 30.2 Å². The van der Waals surface area contributed by atoms with Crippen LogP contribution in [0.5, 0.6) is 0 Å². The monoisotopic (exact) mass is 251 g/mol. The average Bonchev–Trinajstić information content (AvgIpc) is 2.83. The van der Waals surface area contributed by atoms with Crippen molar-refractivity contribution >= 4 is 5.82 Å². The van der Waals surface area contributed by atoms with E-state index < -0.39 is 0 Å². The number of pyridine rings is 1. The molecule has 0 aromatic carbocycles. The number of nitrogens with two attached hydrogens (primary N) is 1. The van der Waals surface area contributed by atoms with Crippen molar-refractivity contribution in [1.29, 1.82) is 0 Å². The fraction of sp³-hybridized carbons (Fsp3) is 0.615. The van der Waals surface area contributed by atoms with Crippen molar-refractivity contribution in [2.45, 2.75) is 25.5 Å². The molecule has 0 saturated carbocycles. The maximum atomic E-state index is 8.94. The molecule has 18 heavy (non-hydrogen) atoms. The summed E-state index contributed by atoms with van der Waals surface area (Å²) in [5.41, 5.74) is 7.84. The fourth-order valence-electron chi connectivity index (χ4n) is 2.28. The molecule has 2 heterocycles. The summed E-state index contributed by atoms with van der Waals surface area (Å²) in [5, 5.41) is 8.94. The van der Waals surface area contributed by atoms with E-state index >= 15 is 0 Å². The lowest BCUT2D eigenvalue weighted by atomic mass is 10.0. The van der Waals surface area contributed by atoms with Gasteiger partial charge in [-0.25, -0.2) is 4.98 Å². The van der Waals surface area contributed by atoms with E-state index in [0.717, 1.165) is 30.7 Å². The van der Waals surface area contributed by atoms with Crippen molar-refractivity contribution in [3.63, 3.8) is 0 Å². The third-order valence-electron chi connectivity index (χ3n) is 3.21. The second kappa shape index (κ2) is 6.13. The summed E-state index contributed by atoms with van der Waals surface area (Å²) >= 11 is 0. The Kier molecular flexibility index (Phi) is 4.52. The third kappa shape index (κ3) is 3.19. The molecule has 1 aliphatic rings. The average molecular weight is 251 g/mol. The van der Waals surface area contributed by atoms with Gasteiger partial charge >= 0.3 is 0 Å². The van der Waals surface area contributed by atoms with E-state index in [4.69, 9.17) is 15.6 Å². The normalized spacial score (nSPS) is 19.6. The maximum Gasteiger partial charge on any atom is 0.123 e. The van der Waals surface area contributed by atoms with Crippen molar-refractivity contribution in [2.24, 2.45) is 0 Å². The van der Waals surface area contributed by atoms with Gasteiger partial charge in [-0.05, 0) is 26.0 Å². The molecule has 1 aromatic rings. The summed E-state index contributed by atoms with van der Waals surface area (Å²) in [7, 11) is 1.96. The number of rotatable bonds is 5. The highest BCUT2D eigenvalue weighted by molar-refractivity contribution is 5.35. The van der Waals surface area contributed by atoms with Crippen LogP contribution in [0.2, 0.25) is 0 Å². The SMILES string of the molecule is CN(CCO)Cc1nc(N)ccc1C1CCCO1. The first-order valence-electron chi connectivity index (χ1n) is 6.37. The number of nitrogens with zero attached hydrogens (tertiary/aromatic N) is 2. The summed E-state index contributed by atoms with van der Waals surface area (Å²) in [6.07, 6.45) is 2.29. The van der Waals surface area contributed by atoms with Crippen molar-refractivity contribution in [1.82, 2.24) is 9.88 Å². The van der Waals surface area contributed by atoms with Gasteiger partial charge in [0.2, 0.25) is 0 Å². The number of ether oxygens (including phenoxy) is 1. The van der Waals surface area contributed by atoms with Gasteiger partial charge in [0.25, 0.3) is 0 Å². The smallest absolute Gasteiger partial charge is 0.123 e. The van der Waals surface area contributed by atoms with Crippen LogP contribution in [0, 0.1) is 0 Å². The molecule has 1 aliphatic heterocycles. The molecule has 1 fully saturated rings. The number of anilines is 1. The van der Waals surface area contributed by atoms with Crippen molar-refractivity contribution < 1.29 is 9.84 Å². The fourth-order valence-corrected chi connectivity index (χ4v) is 2.28. The van der Waals surface area contributed by atoms with E-state index in [9.17, 15) is 0 Å². The van der Waals surface area contributed by atoms with E-state index in [1.165, 1.54) is 0 Å². The van der Waals surface area contributed by atoms with E-state index in [2.05, 4.69) is 4.98 Å². The minimum Gasteiger partial charge on any atom is -0.395 e. The first-order chi connectivity index (χ1) is 8.70. The molecular weight excluding hydrogens is 230 g/mol. The van der Waals surface area contributed by atoms with Gasteiger partial charge in [-0.2, -0.15) is 0 Å². The Morgan fingerprint density at radius 1 is 1.56 bits per heavy atom. The Morgan fingerprint density at radius 3 is 3.06 bits per heavy atom. The number of nitrogen functional groups attached to an aromatic ring is 1. The predicted molar refractivity (Wildman–Crippen MR) is 70.0 cm³/mol. The van der Waals surface area contributed by atoms with Gasteiger partial charge in [0.05, 0.1) is 18.4 Å². The number of aliphatic hydroxyl groups is 1. The molecule has 100 valence electrons. The van der Waals surface area contributed by atoms with Crippen LogP contribution >= 0.6 is 0 Å². The van der Waals surface area contributed by atoms with Crippen LogP contribution in [-0.4, -0.2) is 41.8 Å². The molecule has 1 atom stereocenters. The first-order valence-corrected chi connectivity index (χ1v) is 6.37. The van der Waals surface area contributed by atoms with E-state index in [-0.39, 0.29) is 12.7 Å². The molecule has 2 rings (SSSR count). The minimum atomic E-state index is 0.147. The molecule has 1 aromatic heterocycles. The quantitative estimate of drug-likeness (QED) is 0.815. The van der Waals surface area contributed by atoms with E-state index in [1.807, 2.05) is 24.1 Å². The number of likely N-dealkylation sites (N-methyl/N-ethyl adjacent to an activating group) is 1. The van der Waals surface area contributed by atoms with E-state index in [1.54, 1.807) is 0 Å². The molecule has 3 N–H and O–H groups in total. The topological polar surface area (TPSA) is 71.6 Å². The molecule has 0 amide bonds. The Balaban J connectivity index is 2.17. The van der Waals surface area contributed by atoms with Crippen LogP contribution < -0.4 is 5.73 Å². The molecule has 1 saturated heterocycles. The summed E-state index contributed by atoms with van der Waals surface area (Å²) in [6.45, 7) is 2.28. The number of aliphatic hydroxyl groups excluding tert-OH is 1. The van der Waals surface area contributed by atoms with E-state index in [0.29, 0.717) is 18.9 Å². The number of hydrogen-bond donors (Lipinski definition) is 2. The molecule has 0 spiro atoms. The van der Waals surface area contributed by atoms with Gasteiger partial charge in [0.1, 0.15) is 5.82 Å². The van der Waals surface area contributed by atoms with Gasteiger partial charge in [-0.3, -0.25) is 4.90 Å². The largest absolute Gasteiger partial charge is 0.395 e. The molecule has 1 unspecified atom stereocenters. The van der Waals surface area contributed by atoms with Gasteiger partial charge in [-0.15, -0.1) is 0 Å². The predicted octanol–water partition coefficient (Wildman–Crippen LogP) is 0.939. The van der Waals surface area contributed by atoms with Crippen molar-refractivity contribution in [2.75, 3.05) is 32.5 Å². The lowest BCUT2D eigenvalue weighted by molar-refractivity contribution is 0.110. The summed E-state index contributed by atoms with van der Waals surface area (Å²) in [5.74, 6) is 0.532. The summed E-state index contributed by atoms with van der Waals surface area (Å²) in [6, 6.07) is 3.84. The Hall–Kier alpha value is -1.17.